The second-order valence-electron chi connectivity index (χ2n) is 4.55. The van der Waals surface area contributed by atoms with Crippen molar-refractivity contribution in [3.63, 3.8) is 0 Å². The van der Waals surface area contributed by atoms with Crippen LogP contribution in [-0.4, -0.2) is 37.5 Å². The molecule has 1 saturated heterocycles. The average Bonchev–Trinajstić information content (AvgIpc) is 3.07. The van der Waals surface area contributed by atoms with Crippen molar-refractivity contribution in [2.45, 2.75) is 25.3 Å². The predicted molar refractivity (Wildman–Crippen MR) is 74.0 cm³/mol. The molecule has 1 fully saturated rings. The highest BCUT2D eigenvalue weighted by atomic mass is 35.5. The van der Waals surface area contributed by atoms with E-state index in [1.807, 2.05) is 0 Å². The number of aromatic nitrogens is 4. The molecular weight excluding hydrogens is 302 g/mol. The van der Waals surface area contributed by atoms with Gasteiger partial charge in [0.25, 0.3) is 5.91 Å². The summed E-state index contributed by atoms with van der Waals surface area (Å²) in [4.78, 5) is 32.0. The molecule has 0 saturated carbocycles. The van der Waals surface area contributed by atoms with Gasteiger partial charge >= 0.3 is 5.69 Å². The fourth-order valence-electron chi connectivity index (χ4n) is 2.38. The van der Waals surface area contributed by atoms with Crippen LogP contribution in [0.1, 0.15) is 40.9 Å². The van der Waals surface area contributed by atoms with Crippen LogP contribution in [0.3, 0.4) is 0 Å². The smallest absolute Gasteiger partial charge is 0.326 e. The number of hydrogen-bond acceptors (Lipinski definition) is 5. The van der Waals surface area contributed by atoms with E-state index in [0.717, 1.165) is 19.3 Å². The number of thiazole rings is 1. The number of carbonyl (C=O) groups is 1. The van der Waals surface area contributed by atoms with Gasteiger partial charge in [0.2, 0.25) is 0 Å². The van der Waals surface area contributed by atoms with Crippen LogP contribution in [0.5, 0.6) is 0 Å². The Labute approximate surface area is 123 Å². The first-order chi connectivity index (χ1) is 9.65. The summed E-state index contributed by atoms with van der Waals surface area (Å²) in [5, 5.41) is 8.59. The number of aromatic amines is 2. The second kappa shape index (κ2) is 5.37. The molecule has 0 aromatic carbocycles. The Kier molecular flexibility index (Phi) is 3.58. The molecule has 0 radical (unpaired) electrons. The van der Waals surface area contributed by atoms with Crippen molar-refractivity contribution in [2.24, 2.45) is 0 Å². The maximum atomic E-state index is 12.5. The van der Waals surface area contributed by atoms with E-state index in [0.29, 0.717) is 22.5 Å². The number of amides is 1. The molecule has 0 spiro atoms. The minimum absolute atomic E-state index is 0.171. The zero-order valence-electron chi connectivity index (χ0n) is 10.4. The van der Waals surface area contributed by atoms with Crippen LogP contribution >= 0.6 is 22.9 Å². The molecule has 20 heavy (non-hydrogen) atoms. The zero-order valence-corrected chi connectivity index (χ0v) is 12.0. The molecule has 2 N–H and O–H groups in total. The topological polar surface area (TPSA) is 94.7 Å². The number of halogens is 1. The number of H-pyrrole nitrogens is 2. The highest BCUT2D eigenvalue weighted by Gasteiger charge is 2.32. The van der Waals surface area contributed by atoms with Gasteiger partial charge in [0, 0.05) is 11.9 Å². The molecule has 1 amide bonds. The number of likely N-dealkylation sites (tertiary alicyclic amines) is 1. The van der Waals surface area contributed by atoms with Crippen molar-refractivity contribution in [1.29, 1.82) is 0 Å². The molecule has 0 unspecified atom stereocenters. The van der Waals surface area contributed by atoms with E-state index in [2.05, 4.69) is 20.2 Å². The van der Waals surface area contributed by atoms with Gasteiger partial charge < -0.3 is 4.90 Å². The van der Waals surface area contributed by atoms with Crippen molar-refractivity contribution in [2.75, 3.05) is 6.54 Å². The summed E-state index contributed by atoms with van der Waals surface area (Å²) >= 11 is 6.98. The van der Waals surface area contributed by atoms with Crippen molar-refractivity contribution in [3.05, 3.63) is 31.8 Å². The fraction of sp³-hybridized carbons (Fsp3) is 0.455. The van der Waals surface area contributed by atoms with Crippen molar-refractivity contribution in [1.82, 2.24) is 25.1 Å². The number of piperidine rings is 1. The molecule has 106 valence electrons. The van der Waals surface area contributed by atoms with Gasteiger partial charge in [-0.15, -0.1) is 11.3 Å². The largest absolute Gasteiger partial charge is 0.340 e. The normalized spacial score (nSPS) is 19.2. The summed E-state index contributed by atoms with van der Waals surface area (Å²) in [5.41, 5.74) is -0.365. The lowest BCUT2D eigenvalue weighted by Gasteiger charge is -2.33. The van der Waals surface area contributed by atoms with Gasteiger partial charge in [0.1, 0.15) is 5.15 Å². The lowest BCUT2D eigenvalue weighted by Crippen LogP contribution is -2.39. The lowest BCUT2D eigenvalue weighted by molar-refractivity contribution is 0.0600. The first-order valence-corrected chi connectivity index (χ1v) is 7.47. The van der Waals surface area contributed by atoms with Gasteiger partial charge in [-0.2, -0.15) is 5.10 Å². The minimum atomic E-state index is -0.365. The third-order valence-electron chi connectivity index (χ3n) is 3.26. The van der Waals surface area contributed by atoms with Crippen molar-refractivity contribution < 1.29 is 4.79 Å². The Morgan fingerprint density at radius 3 is 3.00 bits per heavy atom. The Balaban J connectivity index is 1.89. The summed E-state index contributed by atoms with van der Waals surface area (Å²) in [6, 6.07) is -0.224. The highest BCUT2D eigenvalue weighted by Crippen LogP contribution is 2.30. The standard InChI is InChI=1S/C11H12ClN5O2S/c12-7-5-20-9(13-7)10(18)17-4-2-1-3-6(17)8-14-11(19)16-15-8/h5-6H,1-4H2,(H2,14,15,16,19)/t6-/m0/s1. The third kappa shape index (κ3) is 2.48. The quantitative estimate of drug-likeness (QED) is 0.880. The molecule has 1 aliphatic heterocycles. The minimum Gasteiger partial charge on any atom is -0.326 e. The van der Waals surface area contributed by atoms with Crippen LogP contribution in [0.15, 0.2) is 10.2 Å². The Morgan fingerprint density at radius 1 is 1.50 bits per heavy atom. The zero-order chi connectivity index (χ0) is 14.1. The molecule has 9 heteroatoms. The van der Waals surface area contributed by atoms with Crippen LogP contribution in [0, 0.1) is 0 Å². The van der Waals surface area contributed by atoms with Crippen LogP contribution < -0.4 is 5.69 Å². The summed E-state index contributed by atoms with van der Waals surface area (Å²) < 4.78 is 0. The monoisotopic (exact) mass is 313 g/mol. The van der Waals surface area contributed by atoms with Gasteiger partial charge in [-0.3, -0.25) is 9.78 Å². The summed E-state index contributed by atoms with van der Waals surface area (Å²) in [6.07, 6.45) is 2.68. The molecule has 7 nitrogen and oxygen atoms in total. The Bertz CT molecular complexity index is 678. The van der Waals surface area contributed by atoms with E-state index in [4.69, 9.17) is 11.6 Å². The van der Waals surface area contributed by atoms with E-state index in [9.17, 15) is 9.59 Å². The van der Waals surface area contributed by atoms with Gasteiger partial charge in [-0.1, -0.05) is 11.6 Å². The van der Waals surface area contributed by atoms with E-state index < -0.39 is 0 Å². The molecule has 2 aromatic rings. The number of nitrogens with one attached hydrogen (secondary N) is 2. The Morgan fingerprint density at radius 2 is 2.35 bits per heavy atom. The second-order valence-corrected chi connectivity index (χ2v) is 5.79. The van der Waals surface area contributed by atoms with Crippen LogP contribution in [0.4, 0.5) is 0 Å². The summed E-state index contributed by atoms with van der Waals surface area (Å²) in [6.45, 7) is 0.621. The van der Waals surface area contributed by atoms with Crippen molar-refractivity contribution >= 4 is 28.8 Å². The molecule has 1 atom stereocenters. The van der Waals surface area contributed by atoms with E-state index in [1.54, 1.807) is 10.3 Å². The fourth-order valence-corrected chi connectivity index (χ4v) is 3.27. The number of nitrogens with zero attached hydrogens (tertiary/aromatic N) is 3. The molecule has 0 aliphatic carbocycles. The van der Waals surface area contributed by atoms with Gasteiger partial charge in [-0.25, -0.2) is 14.9 Å². The summed E-state index contributed by atoms with van der Waals surface area (Å²) in [5.74, 6) is 0.321. The predicted octanol–water partition coefficient (Wildman–Crippen LogP) is 1.58. The van der Waals surface area contributed by atoms with Gasteiger partial charge in [-0.05, 0) is 19.3 Å². The first kappa shape index (κ1) is 13.3. The van der Waals surface area contributed by atoms with Crippen LogP contribution in [-0.2, 0) is 0 Å². The molecule has 1 aliphatic rings. The van der Waals surface area contributed by atoms with Crippen molar-refractivity contribution in [3.8, 4) is 0 Å². The van der Waals surface area contributed by atoms with E-state index in [-0.39, 0.29) is 17.6 Å². The Hall–Kier alpha value is -1.67. The third-order valence-corrected chi connectivity index (χ3v) is 4.41. The molecular formula is C11H12ClN5O2S. The summed E-state index contributed by atoms with van der Waals surface area (Å²) in [7, 11) is 0. The average molecular weight is 314 g/mol. The van der Waals surface area contributed by atoms with E-state index >= 15 is 0 Å². The lowest BCUT2D eigenvalue weighted by atomic mass is 10.0. The van der Waals surface area contributed by atoms with Gasteiger partial charge in [0.15, 0.2) is 10.8 Å². The SMILES string of the molecule is O=C(c1nc(Cl)cs1)N1CCCC[C@H]1c1n[nH]c(=O)[nH]1. The molecule has 3 heterocycles. The molecule has 2 aromatic heterocycles. The molecule has 0 bridgehead atoms. The van der Waals surface area contributed by atoms with Gasteiger partial charge in [0.05, 0.1) is 6.04 Å². The van der Waals surface area contributed by atoms with Crippen LogP contribution in [0.2, 0.25) is 5.15 Å². The maximum Gasteiger partial charge on any atom is 0.340 e. The number of rotatable bonds is 2. The highest BCUT2D eigenvalue weighted by molar-refractivity contribution is 7.12. The van der Waals surface area contributed by atoms with E-state index in [1.165, 1.54) is 11.3 Å². The van der Waals surface area contributed by atoms with Crippen LogP contribution in [0.25, 0.3) is 0 Å². The first-order valence-electron chi connectivity index (χ1n) is 6.22. The molecule has 3 rings (SSSR count). The number of hydrogen-bond donors (Lipinski definition) is 2. The number of carbonyl (C=O) groups excluding carboxylic acids is 1. The maximum absolute atomic E-state index is 12.5.